The quantitative estimate of drug-likeness (QED) is 0.548. The molecule has 1 atom stereocenters. The molecule has 0 bridgehead atoms. The molecule has 34 heavy (non-hydrogen) atoms. The van der Waals surface area contributed by atoms with Crippen LogP contribution >= 0.6 is 0 Å². The molecule has 3 aromatic heterocycles. The number of aromatic nitrogens is 6. The highest BCUT2D eigenvalue weighted by atomic mass is 16.5. The number of fused-ring (bicyclic) bond motifs is 1. The average Bonchev–Trinajstić information content (AvgIpc) is 3.41. The van der Waals surface area contributed by atoms with Gasteiger partial charge in [-0.1, -0.05) is 0 Å². The SMILES string of the molecule is CCn1nc(C)cc1NC(=O)Cn1cnc2c(N3CCCCC3N3CCOCC3)nc(N)nc21. The number of rotatable bonds is 6. The molecule has 1 amide bonds. The van der Waals surface area contributed by atoms with Gasteiger partial charge in [0.1, 0.15) is 12.4 Å². The van der Waals surface area contributed by atoms with Crippen molar-refractivity contribution in [1.29, 1.82) is 0 Å². The Labute approximate surface area is 198 Å². The van der Waals surface area contributed by atoms with Gasteiger partial charge in [-0.05, 0) is 33.1 Å². The molecule has 0 saturated carbocycles. The first kappa shape index (κ1) is 22.5. The molecule has 5 rings (SSSR count). The van der Waals surface area contributed by atoms with Crippen LogP contribution in [0.3, 0.4) is 0 Å². The van der Waals surface area contributed by atoms with Gasteiger partial charge in [-0.3, -0.25) is 9.69 Å². The number of piperidine rings is 1. The molecule has 2 fully saturated rings. The zero-order valence-corrected chi connectivity index (χ0v) is 19.8. The Morgan fingerprint density at radius 3 is 2.85 bits per heavy atom. The van der Waals surface area contributed by atoms with Gasteiger partial charge in [0.25, 0.3) is 0 Å². The van der Waals surface area contributed by atoms with Gasteiger partial charge >= 0.3 is 0 Å². The lowest BCUT2D eigenvalue weighted by Gasteiger charge is -2.44. The lowest BCUT2D eigenvalue weighted by molar-refractivity contribution is -0.116. The summed E-state index contributed by atoms with van der Waals surface area (Å²) in [6, 6.07) is 1.85. The molecule has 2 aliphatic rings. The van der Waals surface area contributed by atoms with Crippen LogP contribution in [0.4, 0.5) is 17.6 Å². The van der Waals surface area contributed by atoms with E-state index in [-0.39, 0.29) is 24.6 Å². The topological polar surface area (TPSA) is 132 Å². The number of anilines is 3. The van der Waals surface area contributed by atoms with Crippen LogP contribution in [0, 0.1) is 6.92 Å². The van der Waals surface area contributed by atoms with E-state index in [4.69, 9.17) is 10.5 Å². The van der Waals surface area contributed by atoms with Crippen molar-refractivity contribution in [2.45, 2.75) is 52.4 Å². The zero-order chi connectivity index (χ0) is 23.7. The number of carbonyl (C=O) groups excluding carboxylic acids is 1. The minimum absolute atomic E-state index is 0.0627. The normalized spacial score (nSPS) is 19.6. The maximum absolute atomic E-state index is 12.8. The molecule has 182 valence electrons. The van der Waals surface area contributed by atoms with Crippen molar-refractivity contribution in [3.8, 4) is 0 Å². The van der Waals surface area contributed by atoms with Crippen LogP contribution in [-0.2, 0) is 22.6 Å². The molecule has 5 heterocycles. The molecule has 3 aromatic rings. The second kappa shape index (κ2) is 9.55. The van der Waals surface area contributed by atoms with Crippen molar-refractivity contribution in [3.05, 3.63) is 18.1 Å². The minimum atomic E-state index is -0.184. The van der Waals surface area contributed by atoms with Crippen molar-refractivity contribution in [2.75, 3.05) is 48.8 Å². The zero-order valence-electron chi connectivity index (χ0n) is 19.8. The number of nitrogens with one attached hydrogen (secondary N) is 1. The van der Waals surface area contributed by atoms with E-state index in [0.29, 0.717) is 23.5 Å². The predicted octanol–water partition coefficient (Wildman–Crippen LogP) is 1.22. The largest absolute Gasteiger partial charge is 0.379 e. The van der Waals surface area contributed by atoms with Crippen LogP contribution in [0.1, 0.15) is 31.9 Å². The minimum Gasteiger partial charge on any atom is -0.379 e. The first-order valence-electron chi connectivity index (χ1n) is 11.9. The van der Waals surface area contributed by atoms with E-state index < -0.39 is 0 Å². The molecule has 2 aliphatic heterocycles. The number of hydrogen-bond donors (Lipinski definition) is 2. The van der Waals surface area contributed by atoms with E-state index in [0.717, 1.165) is 57.2 Å². The van der Waals surface area contributed by atoms with Gasteiger partial charge in [-0.25, -0.2) is 9.67 Å². The van der Waals surface area contributed by atoms with Crippen LogP contribution in [0.2, 0.25) is 0 Å². The molecule has 1 unspecified atom stereocenters. The van der Waals surface area contributed by atoms with Crippen molar-refractivity contribution in [3.63, 3.8) is 0 Å². The van der Waals surface area contributed by atoms with Crippen LogP contribution < -0.4 is 16.0 Å². The first-order chi connectivity index (χ1) is 16.5. The summed E-state index contributed by atoms with van der Waals surface area (Å²) in [5.41, 5.74) is 8.22. The van der Waals surface area contributed by atoms with E-state index in [1.165, 1.54) is 6.42 Å². The first-order valence-corrected chi connectivity index (χ1v) is 11.9. The summed E-state index contributed by atoms with van der Waals surface area (Å²) in [5, 5.41) is 7.32. The number of nitrogens with zero attached hydrogens (tertiary/aromatic N) is 8. The Morgan fingerprint density at radius 1 is 1.24 bits per heavy atom. The number of imidazole rings is 1. The standard InChI is InChI=1S/C22H32N10O2/c1-3-32-16(12-15(2)28-32)25-17(33)13-30-14-24-19-20(30)26-22(23)27-21(19)31-7-5-4-6-18(31)29-8-10-34-11-9-29/h12,14,18H,3-11,13H2,1-2H3,(H,25,33)(H2,23,26,27). The van der Waals surface area contributed by atoms with Crippen LogP contribution in [0.15, 0.2) is 12.4 Å². The summed E-state index contributed by atoms with van der Waals surface area (Å²) < 4.78 is 9.04. The number of amides is 1. The number of nitrogens with two attached hydrogens (primary N) is 1. The lowest BCUT2D eigenvalue weighted by Crippen LogP contribution is -2.54. The molecule has 0 aromatic carbocycles. The summed E-state index contributed by atoms with van der Waals surface area (Å²) >= 11 is 0. The fourth-order valence-electron chi connectivity index (χ4n) is 4.90. The van der Waals surface area contributed by atoms with Crippen molar-refractivity contribution < 1.29 is 9.53 Å². The van der Waals surface area contributed by atoms with Gasteiger partial charge in [0.15, 0.2) is 17.0 Å². The Kier molecular flexibility index (Phi) is 6.33. The van der Waals surface area contributed by atoms with E-state index in [2.05, 4.69) is 35.2 Å². The highest BCUT2D eigenvalue weighted by Crippen LogP contribution is 2.31. The molecule has 2 saturated heterocycles. The third-order valence-electron chi connectivity index (χ3n) is 6.46. The highest BCUT2D eigenvalue weighted by Gasteiger charge is 2.32. The second-order valence-corrected chi connectivity index (χ2v) is 8.80. The van der Waals surface area contributed by atoms with Crippen molar-refractivity contribution >= 4 is 34.7 Å². The highest BCUT2D eigenvalue weighted by molar-refractivity contribution is 5.91. The molecule has 3 N–H and O–H groups in total. The fourth-order valence-corrected chi connectivity index (χ4v) is 4.90. The molecule has 12 nitrogen and oxygen atoms in total. The monoisotopic (exact) mass is 468 g/mol. The van der Waals surface area contributed by atoms with E-state index >= 15 is 0 Å². The van der Waals surface area contributed by atoms with Crippen LogP contribution in [0.5, 0.6) is 0 Å². The summed E-state index contributed by atoms with van der Waals surface area (Å²) in [6.07, 6.45) is 5.17. The fraction of sp³-hybridized carbons (Fsp3) is 0.591. The molecule has 0 spiro atoms. The maximum Gasteiger partial charge on any atom is 0.245 e. The van der Waals surface area contributed by atoms with E-state index in [9.17, 15) is 4.79 Å². The molecule has 0 radical (unpaired) electrons. The Balaban J connectivity index is 1.41. The Bertz CT molecular complexity index is 1170. The van der Waals surface area contributed by atoms with Crippen LogP contribution in [-0.4, -0.2) is 79.1 Å². The molecule has 12 heteroatoms. The lowest BCUT2D eigenvalue weighted by atomic mass is 10.1. The maximum atomic E-state index is 12.8. The Morgan fingerprint density at radius 2 is 2.06 bits per heavy atom. The summed E-state index contributed by atoms with van der Waals surface area (Å²) in [7, 11) is 0. The molecular weight excluding hydrogens is 436 g/mol. The van der Waals surface area contributed by atoms with Gasteiger partial charge in [-0.2, -0.15) is 15.1 Å². The third-order valence-corrected chi connectivity index (χ3v) is 6.46. The summed E-state index contributed by atoms with van der Waals surface area (Å²) in [4.78, 5) is 31.2. The predicted molar refractivity (Wildman–Crippen MR) is 128 cm³/mol. The summed E-state index contributed by atoms with van der Waals surface area (Å²) in [6.45, 7) is 8.77. The van der Waals surface area contributed by atoms with E-state index in [1.807, 2.05) is 19.9 Å². The van der Waals surface area contributed by atoms with Gasteiger partial charge in [0, 0.05) is 32.2 Å². The smallest absolute Gasteiger partial charge is 0.245 e. The van der Waals surface area contributed by atoms with E-state index in [1.54, 1.807) is 15.6 Å². The number of nitrogen functional groups attached to an aromatic ring is 1. The number of aryl methyl sites for hydroxylation is 2. The third kappa shape index (κ3) is 4.42. The van der Waals surface area contributed by atoms with Crippen molar-refractivity contribution in [2.24, 2.45) is 0 Å². The number of hydrogen-bond acceptors (Lipinski definition) is 9. The number of morpholine rings is 1. The van der Waals surface area contributed by atoms with Gasteiger partial charge in [0.2, 0.25) is 11.9 Å². The Hall–Kier alpha value is -3.25. The van der Waals surface area contributed by atoms with Gasteiger partial charge in [-0.15, -0.1) is 0 Å². The second-order valence-electron chi connectivity index (χ2n) is 8.80. The molecular formula is C22H32N10O2. The molecule has 0 aliphatic carbocycles. The number of carbonyl (C=O) groups is 1. The van der Waals surface area contributed by atoms with Crippen LogP contribution in [0.25, 0.3) is 11.2 Å². The van der Waals surface area contributed by atoms with Crippen molar-refractivity contribution in [1.82, 2.24) is 34.2 Å². The van der Waals surface area contributed by atoms with Gasteiger partial charge < -0.3 is 25.3 Å². The van der Waals surface area contributed by atoms with Gasteiger partial charge in [0.05, 0.1) is 31.4 Å². The summed E-state index contributed by atoms with van der Waals surface area (Å²) in [5.74, 6) is 1.40. The average molecular weight is 469 g/mol. The number of ether oxygens (including phenoxy) is 1.